The lowest BCUT2D eigenvalue weighted by Crippen LogP contribution is -2.39. The second-order valence-electron chi connectivity index (χ2n) is 6.24. The highest BCUT2D eigenvalue weighted by Crippen LogP contribution is 2.35. The Morgan fingerprint density at radius 1 is 1.12 bits per heavy atom. The average molecular weight is 376 g/mol. The smallest absolute Gasteiger partial charge is 0.243 e. The van der Waals surface area contributed by atoms with E-state index < -0.39 is 15.8 Å². The minimum absolute atomic E-state index is 0.0836. The van der Waals surface area contributed by atoms with Gasteiger partial charge in [-0.2, -0.15) is 0 Å². The van der Waals surface area contributed by atoms with Crippen LogP contribution < -0.4 is 9.21 Å². The lowest BCUT2D eigenvalue weighted by Gasteiger charge is -2.29. The fourth-order valence-electron chi connectivity index (χ4n) is 3.32. The van der Waals surface area contributed by atoms with Gasteiger partial charge in [0.05, 0.1) is 17.1 Å². The van der Waals surface area contributed by atoms with Crippen LogP contribution in [0.5, 0.6) is 0 Å². The summed E-state index contributed by atoms with van der Waals surface area (Å²) in [6.07, 6.45) is 1.11. The van der Waals surface area contributed by atoms with Gasteiger partial charge in [0.25, 0.3) is 0 Å². The molecule has 0 aliphatic carbocycles. The standard InChI is InChI=1S/C17H16N2O4S2/c1-18-13-4-2-11(8-12(13)3-5-16(18)21)9-19-14-6-7-24-17(14)15(20)10-25(19,22)23/h2,4,6-8H,3,5,9-10H2,1H3. The van der Waals surface area contributed by atoms with Gasteiger partial charge in [0.2, 0.25) is 15.9 Å². The first-order valence-electron chi connectivity index (χ1n) is 7.86. The van der Waals surface area contributed by atoms with Crippen LogP contribution >= 0.6 is 11.3 Å². The third kappa shape index (κ3) is 2.65. The number of carbonyl (C=O) groups is 2. The van der Waals surface area contributed by atoms with Crippen molar-refractivity contribution in [2.24, 2.45) is 0 Å². The number of ketones is 1. The monoisotopic (exact) mass is 376 g/mol. The van der Waals surface area contributed by atoms with Crippen LogP contribution in [0.3, 0.4) is 0 Å². The van der Waals surface area contributed by atoms with E-state index in [-0.39, 0.29) is 18.2 Å². The topological polar surface area (TPSA) is 74.8 Å². The third-order valence-corrected chi connectivity index (χ3v) is 7.20. The summed E-state index contributed by atoms with van der Waals surface area (Å²) in [6, 6.07) is 7.33. The minimum Gasteiger partial charge on any atom is -0.315 e. The van der Waals surface area contributed by atoms with Gasteiger partial charge >= 0.3 is 0 Å². The van der Waals surface area contributed by atoms with Gasteiger partial charge in [-0.3, -0.25) is 13.9 Å². The molecule has 0 radical (unpaired) electrons. The predicted molar refractivity (Wildman–Crippen MR) is 96.8 cm³/mol. The Labute approximate surface area is 149 Å². The predicted octanol–water partition coefficient (Wildman–Crippen LogP) is 2.19. The molecule has 1 aromatic carbocycles. The van der Waals surface area contributed by atoms with E-state index in [0.29, 0.717) is 23.4 Å². The number of sulfonamides is 1. The largest absolute Gasteiger partial charge is 0.315 e. The van der Waals surface area contributed by atoms with E-state index in [2.05, 4.69) is 0 Å². The third-order valence-electron chi connectivity index (χ3n) is 4.63. The van der Waals surface area contributed by atoms with Crippen LogP contribution in [0, 0.1) is 0 Å². The molecule has 0 spiro atoms. The van der Waals surface area contributed by atoms with Crippen molar-refractivity contribution in [1.29, 1.82) is 0 Å². The van der Waals surface area contributed by atoms with Gasteiger partial charge in [-0.15, -0.1) is 11.3 Å². The van der Waals surface area contributed by atoms with E-state index in [0.717, 1.165) is 16.8 Å². The first-order chi connectivity index (χ1) is 11.9. The molecule has 0 fully saturated rings. The zero-order valence-electron chi connectivity index (χ0n) is 13.6. The highest BCUT2D eigenvalue weighted by molar-refractivity contribution is 7.93. The fourth-order valence-corrected chi connectivity index (χ4v) is 5.74. The number of Topliss-reactive ketones (excluding diaryl/α,β-unsaturated/α-hetero) is 1. The zero-order valence-corrected chi connectivity index (χ0v) is 15.2. The lowest BCUT2D eigenvalue weighted by atomic mass is 9.99. The zero-order chi connectivity index (χ0) is 17.8. The molecule has 8 heteroatoms. The van der Waals surface area contributed by atoms with Crippen molar-refractivity contribution in [3.05, 3.63) is 45.6 Å². The van der Waals surface area contributed by atoms with Crippen molar-refractivity contribution >= 4 is 44.4 Å². The van der Waals surface area contributed by atoms with Crippen molar-refractivity contribution in [1.82, 2.24) is 0 Å². The number of aryl methyl sites for hydroxylation is 1. The molecule has 130 valence electrons. The number of thiophene rings is 1. The SMILES string of the molecule is CN1C(=O)CCc2cc(CN3c4ccsc4C(=O)CS3(=O)=O)ccc21. The molecule has 0 N–H and O–H groups in total. The number of hydrogen-bond acceptors (Lipinski definition) is 5. The molecule has 0 unspecified atom stereocenters. The molecule has 0 atom stereocenters. The van der Waals surface area contributed by atoms with Crippen LogP contribution in [-0.4, -0.2) is 32.9 Å². The van der Waals surface area contributed by atoms with Crippen LogP contribution in [0.15, 0.2) is 29.6 Å². The molecule has 4 rings (SSSR count). The summed E-state index contributed by atoms with van der Waals surface area (Å²) >= 11 is 1.27. The maximum atomic E-state index is 12.5. The second kappa shape index (κ2) is 5.67. The molecule has 3 heterocycles. The second-order valence-corrected chi connectivity index (χ2v) is 9.05. The molecular weight excluding hydrogens is 360 g/mol. The summed E-state index contributed by atoms with van der Waals surface area (Å²) in [6.45, 7) is 0.185. The number of fused-ring (bicyclic) bond motifs is 2. The summed E-state index contributed by atoms with van der Waals surface area (Å²) in [4.78, 5) is 25.9. The molecule has 2 aliphatic heterocycles. The van der Waals surface area contributed by atoms with Crippen LogP contribution in [-0.2, 0) is 27.8 Å². The Morgan fingerprint density at radius 2 is 1.92 bits per heavy atom. The normalized spacial score (nSPS) is 18.9. The van der Waals surface area contributed by atoms with Crippen LogP contribution in [0.2, 0.25) is 0 Å². The van der Waals surface area contributed by atoms with Gasteiger partial charge in [0, 0.05) is 19.2 Å². The van der Waals surface area contributed by atoms with Gasteiger partial charge in [0.1, 0.15) is 5.75 Å². The molecule has 1 aromatic heterocycles. The molecular formula is C17H16N2O4S2. The number of carbonyl (C=O) groups excluding carboxylic acids is 2. The van der Waals surface area contributed by atoms with Crippen molar-refractivity contribution in [3.63, 3.8) is 0 Å². The van der Waals surface area contributed by atoms with Gasteiger partial charge < -0.3 is 4.90 Å². The number of benzene rings is 1. The number of anilines is 2. The molecule has 0 saturated heterocycles. The van der Waals surface area contributed by atoms with Crippen molar-refractivity contribution in [3.8, 4) is 0 Å². The Hall–Kier alpha value is -2.19. The number of amides is 1. The summed E-state index contributed by atoms with van der Waals surface area (Å²) in [7, 11) is -1.92. The number of nitrogens with zero attached hydrogens (tertiary/aromatic N) is 2. The maximum Gasteiger partial charge on any atom is 0.243 e. The van der Waals surface area contributed by atoms with Crippen LogP contribution in [0.1, 0.15) is 27.2 Å². The molecule has 25 heavy (non-hydrogen) atoms. The highest BCUT2D eigenvalue weighted by Gasteiger charge is 2.36. The minimum atomic E-state index is -3.67. The maximum absolute atomic E-state index is 12.5. The van der Waals surface area contributed by atoms with E-state index in [1.54, 1.807) is 23.4 Å². The molecule has 0 bridgehead atoms. The first kappa shape index (κ1) is 16.3. The van der Waals surface area contributed by atoms with Gasteiger partial charge in [-0.25, -0.2) is 8.42 Å². The summed E-state index contributed by atoms with van der Waals surface area (Å²) < 4.78 is 26.3. The van der Waals surface area contributed by atoms with Gasteiger partial charge in [-0.05, 0) is 35.1 Å². The van der Waals surface area contributed by atoms with E-state index in [1.165, 1.54) is 15.6 Å². The Kier molecular flexibility index (Phi) is 3.69. The quantitative estimate of drug-likeness (QED) is 0.805. The summed E-state index contributed by atoms with van der Waals surface area (Å²) in [5.74, 6) is -0.741. The Balaban J connectivity index is 1.70. The molecule has 2 aromatic rings. The molecule has 0 saturated carbocycles. The van der Waals surface area contributed by atoms with E-state index in [4.69, 9.17) is 0 Å². The van der Waals surface area contributed by atoms with Gasteiger partial charge in [0.15, 0.2) is 5.78 Å². The first-order valence-corrected chi connectivity index (χ1v) is 10.3. The van der Waals surface area contributed by atoms with E-state index >= 15 is 0 Å². The van der Waals surface area contributed by atoms with Gasteiger partial charge in [-0.1, -0.05) is 12.1 Å². The average Bonchev–Trinajstić information content (AvgIpc) is 3.04. The Morgan fingerprint density at radius 3 is 2.72 bits per heavy atom. The van der Waals surface area contributed by atoms with Crippen LogP contribution in [0.4, 0.5) is 11.4 Å². The van der Waals surface area contributed by atoms with E-state index in [1.807, 2.05) is 18.2 Å². The summed E-state index contributed by atoms with van der Waals surface area (Å²) in [5, 5.41) is 1.74. The molecule has 2 aliphatic rings. The number of rotatable bonds is 2. The molecule has 6 nitrogen and oxygen atoms in total. The van der Waals surface area contributed by atoms with Crippen molar-refractivity contribution in [2.45, 2.75) is 19.4 Å². The molecule has 1 amide bonds. The van der Waals surface area contributed by atoms with E-state index in [9.17, 15) is 18.0 Å². The highest BCUT2D eigenvalue weighted by atomic mass is 32.2. The van der Waals surface area contributed by atoms with Crippen LogP contribution in [0.25, 0.3) is 0 Å². The van der Waals surface area contributed by atoms with Crippen molar-refractivity contribution < 1.29 is 18.0 Å². The van der Waals surface area contributed by atoms with Crippen molar-refractivity contribution in [2.75, 3.05) is 22.0 Å². The number of hydrogen-bond donors (Lipinski definition) is 0. The summed E-state index contributed by atoms with van der Waals surface area (Å²) in [5.41, 5.74) is 3.21. The lowest BCUT2D eigenvalue weighted by molar-refractivity contribution is -0.118. The Bertz CT molecular complexity index is 994. The fraction of sp³-hybridized carbons (Fsp3) is 0.294.